The van der Waals surface area contributed by atoms with Gasteiger partial charge in [-0.05, 0) is 25.2 Å². The van der Waals surface area contributed by atoms with Gasteiger partial charge in [-0.2, -0.15) is 26.3 Å². The van der Waals surface area contributed by atoms with Crippen LogP contribution in [0, 0.1) is 0 Å². The van der Waals surface area contributed by atoms with Crippen LogP contribution in [-0.4, -0.2) is 111 Å². The van der Waals surface area contributed by atoms with Crippen LogP contribution in [0.2, 0.25) is 0 Å². The second-order valence-corrected chi connectivity index (χ2v) is 10.5. The lowest BCUT2D eigenvalue weighted by Gasteiger charge is -2.43. The SMILES string of the molecule is CN1CCN(C[C@H](O[C@@H](CN2CCN(C)C(c3ccccc3)C2)C(F)(F)F)C(F)(F)F)CC1c1ccccc1. The van der Waals surface area contributed by atoms with E-state index in [0.29, 0.717) is 26.2 Å². The minimum atomic E-state index is -4.94. The van der Waals surface area contributed by atoms with Gasteiger partial charge in [0.1, 0.15) is 0 Å². The maximum Gasteiger partial charge on any atom is 0.415 e. The Kier molecular flexibility index (Phi) is 9.59. The molecule has 4 atom stereocenters. The summed E-state index contributed by atoms with van der Waals surface area (Å²) < 4.78 is 89.5. The summed E-state index contributed by atoms with van der Waals surface area (Å²) in [7, 11) is 3.79. The fourth-order valence-electron chi connectivity index (χ4n) is 5.38. The molecule has 39 heavy (non-hydrogen) atoms. The lowest BCUT2D eigenvalue weighted by atomic mass is 10.0. The maximum atomic E-state index is 14.1. The fourth-order valence-corrected chi connectivity index (χ4v) is 5.38. The molecule has 0 spiro atoms. The molecule has 2 aromatic rings. The molecule has 2 unspecified atom stereocenters. The second kappa shape index (κ2) is 12.6. The summed E-state index contributed by atoms with van der Waals surface area (Å²) >= 11 is 0. The van der Waals surface area contributed by atoms with Crippen LogP contribution in [0.25, 0.3) is 0 Å². The van der Waals surface area contributed by atoms with Gasteiger partial charge in [0.2, 0.25) is 0 Å². The fraction of sp³-hybridized carbons (Fsp3) is 0.571. The Morgan fingerprint density at radius 1 is 0.641 bits per heavy atom. The van der Waals surface area contributed by atoms with Gasteiger partial charge < -0.3 is 4.74 Å². The van der Waals surface area contributed by atoms with Crippen molar-refractivity contribution < 1.29 is 31.1 Å². The highest BCUT2D eigenvalue weighted by molar-refractivity contribution is 5.21. The molecule has 2 heterocycles. The number of halogens is 6. The van der Waals surface area contributed by atoms with E-state index in [1.165, 1.54) is 0 Å². The van der Waals surface area contributed by atoms with E-state index in [4.69, 9.17) is 4.74 Å². The molecule has 2 fully saturated rings. The predicted molar refractivity (Wildman–Crippen MR) is 137 cm³/mol. The second-order valence-electron chi connectivity index (χ2n) is 10.5. The van der Waals surface area contributed by atoms with Gasteiger partial charge in [-0.3, -0.25) is 19.6 Å². The molecule has 216 valence electrons. The summed E-state index contributed by atoms with van der Waals surface area (Å²) in [6.07, 6.45) is -15.0. The van der Waals surface area contributed by atoms with Crippen molar-refractivity contribution >= 4 is 0 Å². The first kappa shape index (κ1) is 29.8. The number of piperazine rings is 2. The van der Waals surface area contributed by atoms with E-state index in [9.17, 15) is 26.3 Å². The third kappa shape index (κ3) is 7.94. The Hall–Kier alpha value is -2.18. The molecular formula is C28H36F6N4O. The van der Waals surface area contributed by atoms with Crippen molar-refractivity contribution in [3.05, 3.63) is 71.8 Å². The first-order valence-electron chi connectivity index (χ1n) is 13.2. The normalized spacial score (nSPS) is 24.5. The van der Waals surface area contributed by atoms with Crippen LogP contribution in [0.5, 0.6) is 0 Å². The number of hydrogen-bond donors (Lipinski definition) is 0. The van der Waals surface area contributed by atoms with Crippen molar-refractivity contribution in [2.45, 2.75) is 36.6 Å². The van der Waals surface area contributed by atoms with E-state index < -0.39 is 37.7 Å². The lowest BCUT2D eigenvalue weighted by Crippen LogP contribution is -2.55. The van der Waals surface area contributed by atoms with Crippen molar-refractivity contribution in [2.75, 3.05) is 66.5 Å². The zero-order valence-corrected chi connectivity index (χ0v) is 22.2. The van der Waals surface area contributed by atoms with Gasteiger partial charge in [-0.25, -0.2) is 0 Å². The number of rotatable bonds is 8. The zero-order valence-electron chi connectivity index (χ0n) is 22.2. The number of nitrogens with zero attached hydrogens (tertiary/aromatic N) is 4. The third-order valence-corrected chi connectivity index (χ3v) is 7.74. The molecule has 2 aliphatic heterocycles. The molecular weight excluding hydrogens is 522 g/mol. The van der Waals surface area contributed by atoms with Crippen LogP contribution < -0.4 is 0 Å². The summed E-state index contributed by atoms with van der Waals surface area (Å²) in [6.45, 7) is 0.845. The van der Waals surface area contributed by atoms with E-state index in [1.54, 1.807) is 9.80 Å². The zero-order chi connectivity index (χ0) is 28.2. The quantitative estimate of drug-likeness (QED) is 0.432. The average molecular weight is 559 g/mol. The minimum Gasteiger partial charge on any atom is -0.353 e. The van der Waals surface area contributed by atoms with Crippen LogP contribution in [-0.2, 0) is 4.74 Å². The van der Waals surface area contributed by atoms with Crippen LogP contribution in [0.15, 0.2) is 60.7 Å². The van der Waals surface area contributed by atoms with Gasteiger partial charge in [0, 0.05) is 64.4 Å². The number of hydrogen-bond acceptors (Lipinski definition) is 5. The smallest absolute Gasteiger partial charge is 0.353 e. The van der Waals surface area contributed by atoms with Gasteiger partial charge in [0.25, 0.3) is 0 Å². The molecule has 0 saturated carbocycles. The molecule has 0 amide bonds. The van der Waals surface area contributed by atoms with Gasteiger partial charge in [-0.15, -0.1) is 0 Å². The summed E-state index contributed by atoms with van der Waals surface area (Å²) in [5, 5.41) is 0. The number of alkyl halides is 6. The summed E-state index contributed by atoms with van der Waals surface area (Å²) in [4.78, 5) is 7.21. The van der Waals surface area contributed by atoms with E-state index in [1.807, 2.05) is 84.6 Å². The topological polar surface area (TPSA) is 22.2 Å². The van der Waals surface area contributed by atoms with Crippen molar-refractivity contribution in [1.29, 1.82) is 0 Å². The largest absolute Gasteiger partial charge is 0.415 e. The molecule has 0 aromatic heterocycles. The standard InChI is InChI=1S/C28H36F6N4O/c1-35-13-15-37(17-23(35)21-9-5-3-6-10-21)19-25(27(29,30)31)39-26(28(32,33)34)20-38-16-14-36(2)24(18-38)22-11-7-4-8-12-22/h3-12,23-26H,13-20H2,1-2H3/t23?,24?,25-,26-/m0/s1. The molecule has 0 bridgehead atoms. The molecule has 0 N–H and O–H groups in total. The minimum absolute atomic E-state index is 0.160. The van der Waals surface area contributed by atoms with Crippen LogP contribution >= 0.6 is 0 Å². The highest BCUT2D eigenvalue weighted by atomic mass is 19.4. The van der Waals surface area contributed by atoms with Crippen molar-refractivity contribution in [2.24, 2.45) is 0 Å². The monoisotopic (exact) mass is 558 g/mol. The molecule has 4 rings (SSSR count). The van der Waals surface area contributed by atoms with Gasteiger partial charge in [-0.1, -0.05) is 60.7 Å². The molecule has 11 heteroatoms. The highest BCUT2D eigenvalue weighted by Gasteiger charge is 2.50. The van der Waals surface area contributed by atoms with Gasteiger partial charge in [0.05, 0.1) is 0 Å². The Balaban J connectivity index is 1.45. The average Bonchev–Trinajstić information content (AvgIpc) is 2.89. The van der Waals surface area contributed by atoms with Crippen LogP contribution in [0.1, 0.15) is 23.2 Å². The van der Waals surface area contributed by atoms with E-state index in [-0.39, 0.29) is 25.2 Å². The van der Waals surface area contributed by atoms with Crippen molar-refractivity contribution in [3.8, 4) is 0 Å². The van der Waals surface area contributed by atoms with Crippen molar-refractivity contribution in [1.82, 2.24) is 19.6 Å². The number of likely N-dealkylation sites (N-methyl/N-ethyl adjacent to an activating group) is 2. The molecule has 2 aromatic carbocycles. The summed E-state index contributed by atoms with van der Waals surface area (Å²) in [6, 6.07) is 18.4. The molecule has 0 radical (unpaired) electrons. The molecule has 2 aliphatic rings. The number of benzene rings is 2. The first-order chi connectivity index (χ1) is 18.4. The summed E-state index contributed by atoms with van der Waals surface area (Å²) in [5.74, 6) is 0. The Labute approximate surface area is 225 Å². The lowest BCUT2D eigenvalue weighted by molar-refractivity contribution is -0.291. The van der Waals surface area contributed by atoms with E-state index >= 15 is 0 Å². The maximum absolute atomic E-state index is 14.1. The van der Waals surface area contributed by atoms with Crippen LogP contribution in [0.4, 0.5) is 26.3 Å². The first-order valence-corrected chi connectivity index (χ1v) is 13.2. The van der Waals surface area contributed by atoms with Gasteiger partial charge in [0.15, 0.2) is 12.2 Å². The van der Waals surface area contributed by atoms with Crippen molar-refractivity contribution in [3.63, 3.8) is 0 Å². The summed E-state index contributed by atoms with van der Waals surface area (Å²) in [5.41, 5.74) is 1.90. The van der Waals surface area contributed by atoms with Crippen LogP contribution in [0.3, 0.4) is 0 Å². The van der Waals surface area contributed by atoms with E-state index in [0.717, 1.165) is 11.1 Å². The van der Waals surface area contributed by atoms with Gasteiger partial charge >= 0.3 is 12.4 Å². The molecule has 0 aliphatic carbocycles. The Bertz CT molecular complexity index is 941. The van der Waals surface area contributed by atoms with E-state index in [2.05, 4.69) is 0 Å². The molecule has 5 nitrogen and oxygen atoms in total. The third-order valence-electron chi connectivity index (χ3n) is 7.74. The molecule has 2 saturated heterocycles. The predicted octanol–water partition coefficient (Wildman–Crippen LogP) is 4.84. The Morgan fingerprint density at radius 2 is 1.00 bits per heavy atom. The number of ether oxygens (including phenoxy) is 1. The Morgan fingerprint density at radius 3 is 1.33 bits per heavy atom. The highest BCUT2D eigenvalue weighted by Crippen LogP contribution is 2.33.